The number of aryl methyl sites for hydroxylation is 1. The summed E-state index contributed by atoms with van der Waals surface area (Å²) in [4.78, 5) is 14.1. The van der Waals surface area contributed by atoms with Crippen LogP contribution in [0.3, 0.4) is 0 Å². The molecule has 1 aromatic carbocycles. The van der Waals surface area contributed by atoms with E-state index >= 15 is 0 Å². The monoisotopic (exact) mass is 365 g/mol. The molecule has 27 heavy (non-hydrogen) atoms. The van der Waals surface area contributed by atoms with E-state index in [0.29, 0.717) is 12.2 Å². The standard InChI is InChI=1S/C22H27N3O2/c1-3-5-13-27-22(26)25-12-6-7-19(25)10-11-20-15-18-9-8-17(16-23)14-21(18)24(20)4-2/h8-11,14-15,19H,3-7,12-13H2,1-2H3/t19-/m0/s1. The Morgan fingerprint density at radius 1 is 1.37 bits per heavy atom. The van der Waals surface area contributed by atoms with Gasteiger partial charge in [0.05, 0.1) is 24.3 Å². The summed E-state index contributed by atoms with van der Waals surface area (Å²) in [5.41, 5.74) is 2.83. The van der Waals surface area contributed by atoms with Gasteiger partial charge in [0.25, 0.3) is 0 Å². The summed E-state index contributed by atoms with van der Waals surface area (Å²) in [6.07, 6.45) is 7.89. The molecule has 5 heteroatoms. The van der Waals surface area contributed by atoms with Gasteiger partial charge in [0.2, 0.25) is 0 Å². The second-order valence-corrected chi connectivity index (χ2v) is 6.93. The molecule has 0 radical (unpaired) electrons. The van der Waals surface area contributed by atoms with Crippen LogP contribution in [-0.4, -0.2) is 34.8 Å². The third kappa shape index (κ3) is 4.16. The lowest BCUT2D eigenvalue weighted by atomic mass is 10.2. The molecule has 0 bridgehead atoms. The molecule has 142 valence electrons. The molecule has 0 aliphatic carbocycles. The first-order valence-corrected chi connectivity index (χ1v) is 9.83. The normalized spacial score (nSPS) is 16.9. The van der Waals surface area contributed by atoms with Crippen molar-refractivity contribution < 1.29 is 9.53 Å². The van der Waals surface area contributed by atoms with Gasteiger partial charge in [0, 0.05) is 29.7 Å². The number of unbranched alkanes of at least 4 members (excludes halogenated alkanes) is 1. The number of rotatable bonds is 6. The molecule has 3 rings (SSSR count). The Labute approximate surface area is 160 Å². The maximum atomic E-state index is 12.3. The number of amides is 1. The van der Waals surface area contributed by atoms with Crippen LogP contribution in [0.5, 0.6) is 0 Å². The summed E-state index contributed by atoms with van der Waals surface area (Å²) in [5, 5.41) is 10.3. The Hall–Kier alpha value is -2.74. The van der Waals surface area contributed by atoms with Gasteiger partial charge in [-0.3, -0.25) is 0 Å². The van der Waals surface area contributed by atoms with Crippen molar-refractivity contribution in [3.63, 3.8) is 0 Å². The van der Waals surface area contributed by atoms with Crippen LogP contribution in [0.1, 0.15) is 50.8 Å². The Balaban J connectivity index is 1.78. The summed E-state index contributed by atoms with van der Waals surface area (Å²) in [6, 6.07) is 10.2. The van der Waals surface area contributed by atoms with E-state index < -0.39 is 0 Å². The van der Waals surface area contributed by atoms with Gasteiger partial charge >= 0.3 is 6.09 Å². The third-order valence-electron chi connectivity index (χ3n) is 5.13. The molecule has 1 amide bonds. The Kier molecular flexibility index (Phi) is 6.18. The van der Waals surface area contributed by atoms with Crippen LogP contribution in [-0.2, 0) is 11.3 Å². The fourth-order valence-corrected chi connectivity index (χ4v) is 3.65. The maximum absolute atomic E-state index is 12.3. The lowest BCUT2D eigenvalue weighted by molar-refractivity contribution is 0.102. The predicted octanol–water partition coefficient (Wildman–Crippen LogP) is 4.95. The number of ether oxygens (including phenoxy) is 1. The van der Waals surface area contributed by atoms with E-state index in [2.05, 4.69) is 42.7 Å². The molecule has 1 saturated heterocycles. The molecule has 0 spiro atoms. The second-order valence-electron chi connectivity index (χ2n) is 6.93. The van der Waals surface area contributed by atoms with E-state index in [9.17, 15) is 4.79 Å². The molecular formula is C22H27N3O2. The maximum Gasteiger partial charge on any atom is 0.410 e. The summed E-state index contributed by atoms with van der Waals surface area (Å²) < 4.78 is 7.58. The number of nitriles is 1. The average Bonchev–Trinajstić information content (AvgIpc) is 3.29. The van der Waals surface area contributed by atoms with Gasteiger partial charge < -0.3 is 14.2 Å². The lowest BCUT2D eigenvalue weighted by Gasteiger charge is -2.21. The van der Waals surface area contributed by atoms with Crippen LogP contribution in [0, 0.1) is 11.3 Å². The molecule has 1 aromatic heterocycles. The minimum absolute atomic E-state index is 0.0807. The number of likely N-dealkylation sites (tertiary alicyclic amines) is 1. The molecule has 2 heterocycles. The second kappa shape index (κ2) is 8.77. The van der Waals surface area contributed by atoms with Gasteiger partial charge in [-0.25, -0.2) is 4.79 Å². The molecule has 1 aliphatic heterocycles. The van der Waals surface area contributed by atoms with Crippen molar-refractivity contribution in [2.75, 3.05) is 13.2 Å². The molecule has 0 N–H and O–H groups in total. The topological polar surface area (TPSA) is 58.3 Å². The predicted molar refractivity (Wildman–Crippen MR) is 107 cm³/mol. The summed E-state index contributed by atoms with van der Waals surface area (Å²) in [7, 11) is 0. The van der Waals surface area contributed by atoms with Crippen molar-refractivity contribution in [2.24, 2.45) is 0 Å². The first-order valence-electron chi connectivity index (χ1n) is 9.83. The van der Waals surface area contributed by atoms with Crippen LogP contribution >= 0.6 is 0 Å². The lowest BCUT2D eigenvalue weighted by Crippen LogP contribution is -2.35. The first-order chi connectivity index (χ1) is 13.2. The summed E-state index contributed by atoms with van der Waals surface area (Å²) in [6.45, 7) is 6.26. The van der Waals surface area contributed by atoms with E-state index in [4.69, 9.17) is 10.00 Å². The van der Waals surface area contributed by atoms with Crippen molar-refractivity contribution in [3.05, 3.63) is 41.6 Å². The van der Waals surface area contributed by atoms with Gasteiger partial charge in [-0.2, -0.15) is 5.26 Å². The zero-order valence-corrected chi connectivity index (χ0v) is 16.1. The molecule has 5 nitrogen and oxygen atoms in total. The highest BCUT2D eigenvalue weighted by molar-refractivity contribution is 5.85. The van der Waals surface area contributed by atoms with E-state index in [0.717, 1.165) is 55.4 Å². The van der Waals surface area contributed by atoms with Crippen LogP contribution in [0.2, 0.25) is 0 Å². The van der Waals surface area contributed by atoms with Crippen molar-refractivity contribution in [1.29, 1.82) is 5.26 Å². The molecule has 1 atom stereocenters. The zero-order valence-electron chi connectivity index (χ0n) is 16.1. The third-order valence-corrected chi connectivity index (χ3v) is 5.13. The number of aromatic nitrogens is 1. The van der Waals surface area contributed by atoms with Crippen molar-refractivity contribution in [1.82, 2.24) is 9.47 Å². The minimum Gasteiger partial charge on any atom is -0.449 e. The van der Waals surface area contributed by atoms with E-state index in [-0.39, 0.29) is 12.1 Å². The van der Waals surface area contributed by atoms with Crippen LogP contribution in [0.25, 0.3) is 17.0 Å². The van der Waals surface area contributed by atoms with E-state index in [1.807, 2.05) is 23.1 Å². The Bertz CT molecular complexity index is 876. The van der Waals surface area contributed by atoms with Crippen LogP contribution in [0.4, 0.5) is 4.79 Å². The molecular weight excluding hydrogens is 338 g/mol. The highest BCUT2D eigenvalue weighted by atomic mass is 16.6. The van der Waals surface area contributed by atoms with Crippen molar-refractivity contribution >= 4 is 23.1 Å². The van der Waals surface area contributed by atoms with E-state index in [1.54, 1.807) is 0 Å². The van der Waals surface area contributed by atoms with Gasteiger partial charge in [-0.1, -0.05) is 25.5 Å². The number of hydrogen-bond acceptors (Lipinski definition) is 3. The molecule has 0 saturated carbocycles. The summed E-state index contributed by atoms with van der Waals surface area (Å²) >= 11 is 0. The SMILES string of the molecule is CCCCOC(=O)N1CCC[C@H]1C=Cc1cc2ccc(C#N)cc2n1CC. The smallest absolute Gasteiger partial charge is 0.410 e. The quantitative estimate of drug-likeness (QED) is 0.681. The highest BCUT2D eigenvalue weighted by Crippen LogP contribution is 2.25. The minimum atomic E-state index is -0.203. The van der Waals surface area contributed by atoms with Crippen LogP contribution < -0.4 is 0 Å². The average molecular weight is 365 g/mol. The molecule has 2 aromatic rings. The molecule has 0 unspecified atom stereocenters. The highest BCUT2D eigenvalue weighted by Gasteiger charge is 2.27. The number of nitrogens with zero attached hydrogens (tertiary/aromatic N) is 3. The summed E-state index contributed by atoms with van der Waals surface area (Å²) in [5.74, 6) is 0. The largest absolute Gasteiger partial charge is 0.449 e. The molecule has 1 fully saturated rings. The number of carbonyl (C=O) groups excluding carboxylic acids is 1. The van der Waals surface area contributed by atoms with Gasteiger partial charge in [-0.05, 0) is 50.5 Å². The van der Waals surface area contributed by atoms with E-state index in [1.165, 1.54) is 0 Å². The number of carbonyl (C=O) groups is 1. The van der Waals surface area contributed by atoms with Gasteiger partial charge in [0.15, 0.2) is 0 Å². The Morgan fingerprint density at radius 2 is 2.22 bits per heavy atom. The zero-order chi connectivity index (χ0) is 19.2. The fraction of sp³-hybridized carbons (Fsp3) is 0.455. The van der Waals surface area contributed by atoms with Crippen LogP contribution in [0.15, 0.2) is 30.3 Å². The van der Waals surface area contributed by atoms with Crippen molar-refractivity contribution in [2.45, 2.75) is 52.1 Å². The number of fused-ring (bicyclic) bond motifs is 1. The first kappa shape index (κ1) is 19.0. The molecule has 1 aliphatic rings. The van der Waals surface area contributed by atoms with Crippen molar-refractivity contribution in [3.8, 4) is 6.07 Å². The number of benzene rings is 1. The Morgan fingerprint density at radius 3 is 2.96 bits per heavy atom. The van der Waals surface area contributed by atoms with Gasteiger partial charge in [0.1, 0.15) is 0 Å². The van der Waals surface area contributed by atoms with Gasteiger partial charge in [-0.15, -0.1) is 0 Å². The fourth-order valence-electron chi connectivity index (χ4n) is 3.65. The number of hydrogen-bond donors (Lipinski definition) is 0.